The van der Waals surface area contributed by atoms with Gasteiger partial charge >= 0.3 is 6.09 Å². The molecule has 3 aliphatic rings. The number of aromatic nitrogens is 2. The monoisotopic (exact) mass is 642 g/mol. The van der Waals surface area contributed by atoms with Crippen molar-refractivity contribution in [2.75, 3.05) is 13.7 Å². The number of carbonyl (C=O) groups is 3. The van der Waals surface area contributed by atoms with Gasteiger partial charge in [0.1, 0.15) is 35.7 Å². The largest absolute Gasteiger partial charge is 0.497 e. The third kappa shape index (κ3) is 7.21. The minimum Gasteiger partial charge on any atom is -0.497 e. The lowest BCUT2D eigenvalue weighted by Gasteiger charge is -2.35. The molecular formula is C37H46N4O6. The molecule has 0 unspecified atom stereocenters. The van der Waals surface area contributed by atoms with E-state index in [0.717, 1.165) is 55.3 Å². The molecule has 6 rings (SSSR count). The first-order chi connectivity index (χ1) is 22.5. The van der Waals surface area contributed by atoms with E-state index in [9.17, 15) is 14.4 Å². The maximum Gasteiger partial charge on any atom is 0.408 e. The minimum absolute atomic E-state index is 0.126. The van der Waals surface area contributed by atoms with Gasteiger partial charge in [0.15, 0.2) is 5.78 Å². The van der Waals surface area contributed by atoms with Gasteiger partial charge in [-0.05, 0) is 61.6 Å². The van der Waals surface area contributed by atoms with Crippen LogP contribution in [-0.2, 0) is 20.7 Å². The zero-order valence-corrected chi connectivity index (χ0v) is 28.0. The van der Waals surface area contributed by atoms with Crippen molar-refractivity contribution < 1.29 is 28.6 Å². The second kappa shape index (κ2) is 13.5. The highest BCUT2D eigenvalue weighted by Crippen LogP contribution is 2.41. The highest BCUT2D eigenvalue weighted by atomic mass is 16.6. The van der Waals surface area contributed by atoms with Crippen molar-refractivity contribution >= 4 is 28.8 Å². The van der Waals surface area contributed by atoms with Crippen LogP contribution in [-0.4, -0.2) is 70.6 Å². The molecule has 2 fully saturated rings. The molecule has 47 heavy (non-hydrogen) atoms. The van der Waals surface area contributed by atoms with Crippen molar-refractivity contribution in [2.45, 2.75) is 103 Å². The molecule has 1 aromatic heterocycles. The molecule has 1 aliphatic carbocycles. The zero-order valence-electron chi connectivity index (χ0n) is 28.0. The zero-order chi connectivity index (χ0) is 33.3. The Morgan fingerprint density at radius 2 is 1.72 bits per heavy atom. The van der Waals surface area contributed by atoms with Gasteiger partial charge in [-0.15, -0.1) is 0 Å². The number of ether oxygens (including phenoxy) is 3. The lowest BCUT2D eigenvalue weighted by molar-refractivity contribution is -0.141. The number of hydrogen-bond donors (Lipinski definition) is 1. The number of hydrogen-bond acceptors (Lipinski definition) is 8. The molecule has 0 spiro atoms. The van der Waals surface area contributed by atoms with Gasteiger partial charge in [-0.3, -0.25) is 9.59 Å². The number of alkyl carbamates (subject to hydrolysis) is 1. The molecule has 10 nitrogen and oxygen atoms in total. The second-order valence-corrected chi connectivity index (χ2v) is 14.3. The predicted octanol–water partition coefficient (Wildman–Crippen LogP) is 6.01. The van der Waals surface area contributed by atoms with E-state index in [-0.39, 0.29) is 24.3 Å². The van der Waals surface area contributed by atoms with Crippen molar-refractivity contribution in [2.24, 2.45) is 11.3 Å². The fraction of sp³-hybridized carbons (Fsp3) is 0.541. The van der Waals surface area contributed by atoms with Crippen LogP contribution in [0.3, 0.4) is 0 Å². The molecular weight excluding hydrogens is 596 g/mol. The van der Waals surface area contributed by atoms with Crippen molar-refractivity contribution in [1.29, 1.82) is 0 Å². The van der Waals surface area contributed by atoms with Crippen LogP contribution in [0, 0.1) is 11.3 Å². The molecule has 10 heteroatoms. The molecule has 250 valence electrons. The number of ketones is 1. The maximum absolute atomic E-state index is 14.5. The van der Waals surface area contributed by atoms with Crippen molar-refractivity contribution in [3.05, 3.63) is 59.8 Å². The van der Waals surface area contributed by atoms with Crippen LogP contribution in [0.25, 0.3) is 11.0 Å². The van der Waals surface area contributed by atoms with Gasteiger partial charge in [0.05, 0.1) is 30.6 Å². The van der Waals surface area contributed by atoms with Gasteiger partial charge in [-0.2, -0.15) is 0 Å². The SMILES string of the molecule is COc1ccc2nc3c(nc2c1)O[C@H]1CN(C(=O)[C@H](C(C)(C)C)NC(=O)O[C@@H]2C[C@H]2CCCCCC3)[C@H](C(C)=O)[C@@H]1c1ccccc1. The molecule has 2 aliphatic heterocycles. The van der Waals surface area contributed by atoms with Crippen molar-refractivity contribution in [3.8, 4) is 11.6 Å². The Kier molecular flexibility index (Phi) is 9.39. The Hall–Kier alpha value is -4.21. The summed E-state index contributed by atoms with van der Waals surface area (Å²) < 4.78 is 18.0. The summed E-state index contributed by atoms with van der Waals surface area (Å²) in [5.74, 6) is 0.437. The highest BCUT2D eigenvalue weighted by molar-refractivity contribution is 5.93. The fourth-order valence-electron chi connectivity index (χ4n) is 7.11. The molecule has 0 radical (unpaired) electrons. The summed E-state index contributed by atoms with van der Waals surface area (Å²) in [6.07, 6.45) is 5.28. The number of nitrogens with zero attached hydrogens (tertiary/aromatic N) is 3. The Balaban J connectivity index is 1.43. The van der Waals surface area contributed by atoms with Crippen molar-refractivity contribution in [3.63, 3.8) is 0 Å². The Morgan fingerprint density at radius 3 is 2.45 bits per heavy atom. The number of benzene rings is 2. The van der Waals surface area contributed by atoms with Crippen molar-refractivity contribution in [1.82, 2.24) is 20.2 Å². The van der Waals surface area contributed by atoms with Gasteiger partial charge < -0.3 is 24.4 Å². The Morgan fingerprint density at radius 1 is 0.957 bits per heavy atom. The summed E-state index contributed by atoms with van der Waals surface area (Å²) in [4.78, 5) is 52.7. The smallest absolute Gasteiger partial charge is 0.408 e. The molecule has 2 aromatic carbocycles. The van der Waals surface area contributed by atoms with Gasteiger partial charge in [0, 0.05) is 6.07 Å². The summed E-state index contributed by atoms with van der Waals surface area (Å²) in [5.41, 5.74) is 2.37. The average molecular weight is 643 g/mol. The first-order valence-corrected chi connectivity index (χ1v) is 16.9. The number of rotatable bonds is 3. The highest BCUT2D eigenvalue weighted by Gasteiger charge is 2.51. The van der Waals surface area contributed by atoms with E-state index in [1.54, 1.807) is 12.0 Å². The van der Waals surface area contributed by atoms with Crippen LogP contribution >= 0.6 is 0 Å². The molecule has 6 atom stereocenters. The van der Waals surface area contributed by atoms with E-state index in [1.807, 2.05) is 69.3 Å². The summed E-state index contributed by atoms with van der Waals surface area (Å²) in [7, 11) is 1.61. The van der Waals surface area contributed by atoms with Gasteiger partial charge in [0.2, 0.25) is 11.8 Å². The topological polar surface area (TPSA) is 120 Å². The number of methoxy groups -OCH3 is 1. The maximum atomic E-state index is 14.5. The fourth-order valence-corrected chi connectivity index (χ4v) is 7.11. The lowest BCUT2D eigenvalue weighted by atomic mass is 9.84. The molecule has 1 saturated carbocycles. The van der Waals surface area contributed by atoms with E-state index in [2.05, 4.69) is 5.32 Å². The summed E-state index contributed by atoms with van der Waals surface area (Å²) in [6, 6.07) is 13.6. The normalized spacial score (nSPS) is 27.2. The molecule has 3 aromatic rings. The quantitative estimate of drug-likeness (QED) is 0.369. The number of nitrogens with one attached hydrogen (secondary N) is 1. The van der Waals surface area contributed by atoms with Crippen LogP contribution in [0.1, 0.15) is 83.4 Å². The third-order valence-electron chi connectivity index (χ3n) is 9.74. The van der Waals surface area contributed by atoms with Crippen LogP contribution in [0.2, 0.25) is 0 Å². The number of aryl methyl sites for hydroxylation is 1. The van der Waals surface area contributed by atoms with Gasteiger partial charge in [0.25, 0.3) is 0 Å². The van der Waals surface area contributed by atoms with E-state index in [0.29, 0.717) is 29.5 Å². The summed E-state index contributed by atoms with van der Waals surface area (Å²) in [5, 5.41) is 2.88. The molecule has 1 saturated heterocycles. The Bertz CT molecular complexity index is 1620. The minimum atomic E-state index is -0.921. The Labute approximate surface area is 276 Å². The summed E-state index contributed by atoms with van der Waals surface area (Å²) in [6.45, 7) is 7.35. The molecule has 2 amide bonds. The van der Waals surface area contributed by atoms with E-state index < -0.39 is 35.6 Å². The van der Waals surface area contributed by atoms with E-state index >= 15 is 0 Å². The first-order valence-electron chi connectivity index (χ1n) is 16.9. The third-order valence-corrected chi connectivity index (χ3v) is 9.74. The molecule has 3 heterocycles. The van der Waals surface area contributed by atoms with Crippen LogP contribution in [0.5, 0.6) is 11.6 Å². The number of fused-ring (bicyclic) bond motifs is 5. The van der Waals surface area contributed by atoms with Crippen LogP contribution < -0.4 is 14.8 Å². The van der Waals surface area contributed by atoms with Gasteiger partial charge in [-0.1, -0.05) is 70.4 Å². The lowest BCUT2D eigenvalue weighted by Crippen LogP contribution is -2.57. The van der Waals surface area contributed by atoms with E-state index in [4.69, 9.17) is 24.2 Å². The number of amides is 2. The van der Waals surface area contributed by atoms with Crippen LogP contribution in [0.15, 0.2) is 48.5 Å². The van der Waals surface area contributed by atoms with Gasteiger partial charge in [-0.25, -0.2) is 14.8 Å². The second-order valence-electron chi connectivity index (χ2n) is 14.3. The molecule has 1 N–H and O–H groups in total. The summed E-state index contributed by atoms with van der Waals surface area (Å²) >= 11 is 0. The van der Waals surface area contributed by atoms with Crippen LogP contribution in [0.4, 0.5) is 4.79 Å². The predicted molar refractivity (Wildman–Crippen MR) is 177 cm³/mol. The van der Waals surface area contributed by atoms with E-state index in [1.165, 1.54) is 6.92 Å². The molecule has 2 bridgehead atoms. The standard InChI is InChI=1S/C37H46N4O6/c1-22(42)32-31(23-13-10-8-11-14-23)30-21-41(32)35(43)33(37(2,3)4)40-36(44)47-29-19-24(29)15-9-6-7-12-16-27-34(46-30)39-28-20-25(45-5)17-18-26(28)38-27/h8,10-11,13-14,17-18,20,24,29-33H,6-7,9,12,15-16,19,21H2,1-5H3,(H,40,44)/t24-,29-,30+,31-,32-,33-/m1/s1. The average Bonchev–Trinajstić information content (AvgIpc) is 3.66. The number of carbonyl (C=O) groups excluding carboxylic acids is 3. The first kappa shape index (κ1) is 32.7. The number of Topliss-reactive ketones (excluding diaryl/α,β-unsaturated/α-hetero) is 1.